The topological polar surface area (TPSA) is 37.4 Å². The first kappa shape index (κ1) is 15.0. The van der Waals surface area contributed by atoms with Gasteiger partial charge < -0.3 is 4.90 Å². The summed E-state index contributed by atoms with van der Waals surface area (Å²) in [6.45, 7) is 9.24. The Balaban J connectivity index is 2.75. The minimum Gasteiger partial charge on any atom is -0.331 e. The van der Waals surface area contributed by atoms with E-state index in [9.17, 15) is 9.59 Å². The Bertz CT molecular complexity index is 598. The highest BCUT2D eigenvalue weighted by Gasteiger charge is 2.62. The molecule has 0 saturated carbocycles. The van der Waals surface area contributed by atoms with Crippen LogP contribution in [0.3, 0.4) is 0 Å². The number of aryl methyl sites for hydroxylation is 3. The number of hydrogen-bond acceptors (Lipinski definition) is 2. The van der Waals surface area contributed by atoms with Crippen molar-refractivity contribution in [2.75, 3.05) is 7.05 Å². The molecule has 1 aliphatic rings. The fraction of sp³-hybridized carbons (Fsp3) is 0.500. The minimum atomic E-state index is -1.60. The number of rotatable bonds is 1. The van der Waals surface area contributed by atoms with Gasteiger partial charge >= 0.3 is 0 Å². The molecule has 1 aliphatic heterocycles. The van der Waals surface area contributed by atoms with E-state index in [1.54, 1.807) is 20.9 Å². The zero-order valence-electron chi connectivity index (χ0n) is 12.8. The second-order valence-corrected chi connectivity index (χ2v) is 6.75. The van der Waals surface area contributed by atoms with Crippen molar-refractivity contribution >= 4 is 23.3 Å². The van der Waals surface area contributed by atoms with Crippen molar-refractivity contribution in [1.29, 1.82) is 0 Å². The number of alkyl halides is 1. The molecule has 1 saturated heterocycles. The molecule has 2 rings (SSSR count). The number of likely N-dealkylation sites (tertiary alicyclic amines) is 1. The van der Waals surface area contributed by atoms with Crippen LogP contribution in [-0.2, 0) is 14.5 Å². The van der Waals surface area contributed by atoms with Gasteiger partial charge in [-0.25, -0.2) is 0 Å². The Morgan fingerprint density at radius 1 is 1.05 bits per heavy atom. The van der Waals surface area contributed by atoms with E-state index in [1.165, 1.54) is 4.90 Å². The van der Waals surface area contributed by atoms with Gasteiger partial charge in [-0.05, 0) is 51.3 Å². The summed E-state index contributed by atoms with van der Waals surface area (Å²) >= 11 is 6.60. The van der Waals surface area contributed by atoms with E-state index >= 15 is 0 Å². The molecular formula is C16H20ClNO2. The fourth-order valence-corrected chi connectivity index (χ4v) is 3.76. The molecule has 0 aromatic heterocycles. The number of carbonyl (C=O) groups excluding carboxylic acids is 2. The molecule has 1 amide bonds. The van der Waals surface area contributed by atoms with Crippen molar-refractivity contribution in [1.82, 2.24) is 4.90 Å². The van der Waals surface area contributed by atoms with Gasteiger partial charge in [0.15, 0.2) is 5.78 Å². The lowest BCUT2D eigenvalue weighted by Crippen LogP contribution is -2.42. The molecule has 1 fully saturated rings. The predicted octanol–water partition coefficient (Wildman–Crippen LogP) is 2.87. The van der Waals surface area contributed by atoms with Crippen LogP contribution in [0.4, 0.5) is 0 Å². The Labute approximate surface area is 124 Å². The lowest BCUT2D eigenvalue weighted by Gasteiger charge is -2.25. The van der Waals surface area contributed by atoms with Crippen molar-refractivity contribution in [3.63, 3.8) is 0 Å². The number of likely N-dealkylation sites (N-methyl/N-ethyl adjacent to an activating group) is 1. The molecule has 1 atom stereocenters. The van der Waals surface area contributed by atoms with Crippen LogP contribution in [0.5, 0.6) is 0 Å². The van der Waals surface area contributed by atoms with Crippen LogP contribution in [-0.4, -0.2) is 29.2 Å². The van der Waals surface area contributed by atoms with Gasteiger partial charge in [0.1, 0.15) is 0 Å². The minimum absolute atomic E-state index is 0.255. The Morgan fingerprint density at radius 3 is 1.85 bits per heavy atom. The van der Waals surface area contributed by atoms with Crippen LogP contribution >= 0.6 is 11.6 Å². The second-order valence-electron chi connectivity index (χ2n) is 6.18. The smallest absolute Gasteiger partial charge is 0.256 e. The summed E-state index contributed by atoms with van der Waals surface area (Å²) in [4.78, 5) is 25.2. The van der Waals surface area contributed by atoms with Gasteiger partial charge in [-0.15, -0.1) is 0 Å². The first-order valence-corrected chi connectivity index (χ1v) is 7.02. The summed E-state index contributed by atoms with van der Waals surface area (Å²) in [5, 5.41) is 0. The largest absolute Gasteiger partial charge is 0.331 e. The Morgan fingerprint density at radius 2 is 1.50 bits per heavy atom. The summed E-state index contributed by atoms with van der Waals surface area (Å²) in [5.74, 6) is -0.599. The van der Waals surface area contributed by atoms with E-state index in [2.05, 4.69) is 0 Å². The van der Waals surface area contributed by atoms with Crippen LogP contribution in [0.2, 0.25) is 0 Å². The average molecular weight is 294 g/mol. The maximum absolute atomic E-state index is 12.8. The summed E-state index contributed by atoms with van der Waals surface area (Å²) in [7, 11) is 1.63. The summed E-state index contributed by atoms with van der Waals surface area (Å²) in [6, 6.07) is 3.91. The number of ketones is 1. The van der Waals surface area contributed by atoms with E-state index in [4.69, 9.17) is 11.6 Å². The first-order chi connectivity index (χ1) is 9.04. The molecular weight excluding hydrogens is 274 g/mol. The van der Waals surface area contributed by atoms with E-state index in [0.717, 1.165) is 16.7 Å². The quantitative estimate of drug-likeness (QED) is 0.590. The zero-order chi connectivity index (χ0) is 15.5. The summed E-state index contributed by atoms with van der Waals surface area (Å²) in [5.41, 5.74) is 2.60. The SMILES string of the molecule is Cc1cc(C)c(C2(Cl)C(=O)N(C)C(C)(C)C2=O)c(C)c1. The lowest BCUT2D eigenvalue weighted by molar-refractivity contribution is -0.131. The number of benzene rings is 1. The van der Waals surface area contributed by atoms with Gasteiger partial charge in [-0.2, -0.15) is 0 Å². The van der Waals surface area contributed by atoms with Crippen LogP contribution in [0.15, 0.2) is 12.1 Å². The highest BCUT2D eigenvalue weighted by atomic mass is 35.5. The van der Waals surface area contributed by atoms with Crippen molar-refractivity contribution in [3.05, 3.63) is 34.4 Å². The van der Waals surface area contributed by atoms with Crippen molar-refractivity contribution in [3.8, 4) is 0 Å². The van der Waals surface area contributed by atoms with E-state index < -0.39 is 10.4 Å². The Kier molecular flexibility index (Phi) is 3.25. The maximum Gasteiger partial charge on any atom is 0.256 e. The molecule has 3 nitrogen and oxygen atoms in total. The van der Waals surface area contributed by atoms with Crippen LogP contribution in [0.25, 0.3) is 0 Å². The van der Waals surface area contributed by atoms with Gasteiger partial charge in [0.25, 0.3) is 5.91 Å². The zero-order valence-corrected chi connectivity index (χ0v) is 13.6. The van der Waals surface area contributed by atoms with Crippen LogP contribution < -0.4 is 0 Å². The molecule has 0 bridgehead atoms. The molecule has 0 spiro atoms. The number of carbonyl (C=O) groups is 2. The predicted molar refractivity (Wildman–Crippen MR) is 80.0 cm³/mol. The number of nitrogens with zero attached hydrogens (tertiary/aromatic N) is 1. The third-order valence-corrected chi connectivity index (χ3v) is 4.85. The highest BCUT2D eigenvalue weighted by molar-refractivity contribution is 6.49. The third-order valence-electron chi connectivity index (χ3n) is 4.33. The molecule has 1 unspecified atom stereocenters. The van der Waals surface area contributed by atoms with Crippen molar-refractivity contribution in [2.45, 2.75) is 45.0 Å². The number of amides is 1. The van der Waals surface area contributed by atoms with Crippen molar-refractivity contribution < 1.29 is 9.59 Å². The van der Waals surface area contributed by atoms with E-state index in [0.29, 0.717) is 5.56 Å². The molecule has 20 heavy (non-hydrogen) atoms. The molecule has 0 N–H and O–H groups in total. The van der Waals surface area contributed by atoms with Crippen LogP contribution in [0, 0.1) is 20.8 Å². The number of hydrogen-bond donors (Lipinski definition) is 0. The van der Waals surface area contributed by atoms with Crippen molar-refractivity contribution in [2.24, 2.45) is 0 Å². The summed E-state index contributed by atoms with van der Waals surface area (Å²) in [6.07, 6.45) is 0. The summed E-state index contributed by atoms with van der Waals surface area (Å²) < 4.78 is 0. The normalized spacial score (nSPS) is 25.4. The van der Waals surface area contributed by atoms with Gasteiger partial charge in [0.05, 0.1) is 5.54 Å². The third kappa shape index (κ3) is 1.72. The van der Waals surface area contributed by atoms with Gasteiger partial charge in [0, 0.05) is 7.05 Å². The van der Waals surface area contributed by atoms with Gasteiger partial charge in [-0.3, -0.25) is 9.59 Å². The van der Waals surface area contributed by atoms with E-state index in [-0.39, 0.29) is 11.7 Å². The lowest BCUT2D eigenvalue weighted by atomic mass is 9.83. The molecule has 108 valence electrons. The van der Waals surface area contributed by atoms with Gasteiger partial charge in [0.2, 0.25) is 4.87 Å². The number of Topliss-reactive ketones (excluding diaryl/α,β-unsaturated/α-hetero) is 1. The average Bonchev–Trinajstić information content (AvgIpc) is 2.43. The monoisotopic (exact) mass is 293 g/mol. The standard InChI is InChI=1S/C16H20ClNO2/c1-9-7-10(2)12(11(3)8-9)16(17)13(19)15(4,5)18(6)14(16)20/h7-8H,1-6H3. The molecule has 0 aliphatic carbocycles. The molecule has 1 aromatic rings. The first-order valence-electron chi connectivity index (χ1n) is 6.65. The second kappa shape index (κ2) is 4.32. The van der Waals surface area contributed by atoms with E-state index in [1.807, 2.05) is 32.9 Å². The molecule has 4 heteroatoms. The molecule has 1 heterocycles. The maximum atomic E-state index is 12.8. The highest BCUT2D eigenvalue weighted by Crippen LogP contribution is 2.46. The fourth-order valence-electron chi connectivity index (χ4n) is 3.10. The molecule has 0 radical (unpaired) electrons. The van der Waals surface area contributed by atoms with Gasteiger partial charge in [-0.1, -0.05) is 29.3 Å². The van der Waals surface area contributed by atoms with Crippen LogP contribution in [0.1, 0.15) is 36.1 Å². The Hall–Kier alpha value is -1.35. The molecule has 1 aromatic carbocycles. The number of halogens is 1.